The number of halogens is 1. The monoisotopic (exact) mass is 381 g/mol. The van der Waals surface area contributed by atoms with Crippen molar-refractivity contribution in [1.29, 1.82) is 0 Å². The highest BCUT2D eigenvalue weighted by molar-refractivity contribution is 14.1. The molecule has 0 radical (unpaired) electrons. The number of thioether (sulfide) groups is 1. The fraction of sp³-hybridized carbons (Fsp3) is 0.133. The minimum atomic E-state index is -0.0170. The average molecular weight is 381 g/mol. The number of nitrogens with one attached hydrogen (secondary N) is 1. The Labute approximate surface area is 130 Å². The minimum absolute atomic E-state index is 0.0170. The Morgan fingerprint density at radius 3 is 2.63 bits per heavy atom. The SMILES string of the molecule is O=C(Nc1ccc(I)cc1)C1Cc2ccccc2S1. The molecule has 1 amide bonds. The second kappa shape index (κ2) is 5.54. The first kappa shape index (κ1) is 13.0. The quantitative estimate of drug-likeness (QED) is 0.799. The van der Waals surface area contributed by atoms with Crippen molar-refractivity contribution in [3.05, 3.63) is 57.7 Å². The molecule has 0 aliphatic carbocycles. The molecule has 2 nitrogen and oxygen atoms in total. The Bertz CT molecular complexity index is 587. The first-order chi connectivity index (χ1) is 9.22. The molecule has 19 heavy (non-hydrogen) atoms. The standard InChI is InChI=1S/C15H12INOS/c16-11-5-7-12(8-6-11)17-15(18)14-9-10-3-1-2-4-13(10)19-14/h1-8,14H,9H2,(H,17,18). The Morgan fingerprint density at radius 1 is 1.16 bits per heavy atom. The van der Waals surface area contributed by atoms with E-state index in [4.69, 9.17) is 0 Å². The van der Waals surface area contributed by atoms with Crippen LogP contribution in [0.1, 0.15) is 5.56 Å². The van der Waals surface area contributed by atoms with E-state index in [1.807, 2.05) is 36.4 Å². The number of amides is 1. The van der Waals surface area contributed by atoms with Gasteiger partial charge >= 0.3 is 0 Å². The zero-order chi connectivity index (χ0) is 13.2. The van der Waals surface area contributed by atoms with Crippen LogP contribution >= 0.6 is 34.4 Å². The molecule has 0 spiro atoms. The summed E-state index contributed by atoms with van der Waals surface area (Å²) in [7, 11) is 0. The van der Waals surface area contributed by atoms with Crippen molar-refractivity contribution in [2.45, 2.75) is 16.6 Å². The first-order valence-electron chi connectivity index (χ1n) is 6.03. The number of hydrogen-bond acceptors (Lipinski definition) is 2. The minimum Gasteiger partial charge on any atom is -0.325 e. The van der Waals surface area contributed by atoms with Gasteiger partial charge in [0.2, 0.25) is 5.91 Å². The molecule has 1 N–H and O–H groups in total. The van der Waals surface area contributed by atoms with E-state index in [1.165, 1.54) is 14.0 Å². The van der Waals surface area contributed by atoms with Gasteiger partial charge in [0.05, 0.1) is 5.25 Å². The van der Waals surface area contributed by atoms with Crippen molar-refractivity contribution < 1.29 is 4.79 Å². The summed E-state index contributed by atoms with van der Waals surface area (Å²) in [6.45, 7) is 0. The number of anilines is 1. The molecule has 4 heteroatoms. The lowest BCUT2D eigenvalue weighted by atomic mass is 10.1. The molecule has 2 aromatic carbocycles. The molecule has 1 aliphatic rings. The highest BCUT2D eigenvalue weighted by Gasteiger charge is 2.27. The van der Waals surface area contributed by atoms with Gasteiger partial charge in [-0.05, 0) is 64.9 Å². The predicted octanol–water partition coefficient (Wildman–Crippen LogP) is 3.95. The van der Waals surface area contributed by atoms with Crippen molar-refractivity contribution >= 4 is 45.9 Å². The van der Waals surface area contributed by atoms with Crippen molar-refractivity contribution in [1.82, 2.24) is 0 Å². The number of carbonyl (C=O) groups is 1. The van der Waals surface area contributed by atoms with Crippen LogP contribution in [0.25, 0.3) is 0 Å². The van der Waals surface area contributed by atoms with E-state index < -0.39 is 0 Å². The summed E-state index contributed by atoms with van der Waals surface area (Å²) in [6.07, 6.45) is 0.817. The lowest BCUT2D eigenvalue weighted by molar-refractivity contribution is -0.115. The second-order valence-electron chi connectivity index (χ2n) is 4.41. The van der Waals surface area contributed by atoms with Gasteiger partial charge in [-0.3, -0.25) is 4.79 Å². The molecule has 3 rings (SSSR count). The van der Waals surface area contributed by atoms with Gasteiger partial charge < -0.3 is 5.32 Å². The van der Waals surface area contributed by atoms with Crippen LogP contribution in [-0.2, 0) is 11.2 Å². The van der Waals surface area contributed by atoms with Crippen molar-refractivity contribution in [3.63, 3.8) is 0 Å². The van der Waals surface area contributed by atoms with E-state index in [0.29, 0.717) is 0 Å². The Hall–Kier alpha value is -1.01. The summed E-state index contributed by atoms with van der Waals surface area (Å²) in [4.78, 5) is 13.5. The smallest absolute Gasteiger partial charge is 0.238 e. The van der Waals surface area contributed by atoms with Gasteiger partial charge in [0.25, 0.3) is 0 Å². The third-order valence-electron chi connectivity index (χ3n) is 3.05. The molecule has 0 bridgehead atoms. The van der Waals surface area contributed by atoms with E-state index in [1.54, 1.807) is 11.8 Å². The van der Waals surface area contributed by atoms with Crippen LogP contribution in [0.2, 0.25) is 0 Å². The number of carbonyl (C=O) groups excluding carboxylic acids is 1. The summed E-state index contributed by atoms with van der Waals surface area (Å²) in [5, 5.41) is 2.97. The number of hydrogen-bond donors (Lipinski definition) is 1. The second-order valence-corrected chi connectivity index (χ2v) is 6.90. The summed E-state index contributed by atoms with van der Waals surface area (Å²) >= 11 is 3.90. The molecule has 1 aliphatic heterocycles. The van der Waals surface area contributed by atoms with Crippen LogP contribution in [0, 0.1) is 3.57 Å². The molecule has 96 valence electrons. The molecule has 0 saturated carbocycles. The maximum atomic E-state index is 12.2. The molecule has 0 fully saturated rings. The van der Waals surface area contributed by atoms with Crippen molar-refractivity contribution in [3.8, 4) is 0 Å². The van der Waals surface area contributed by atoms with Crippen LogP contribution in [0.4, 0.5) is 5.69 Å². The van der Waals surface area contributed by atoms with Gasteiger partial charge in [-0.2, -0.15) is 0 Å². The molecule has 1 unspecified atom stereocenters. The molecule has 0 saturated heterocycles. The average Bonchev–Trinajstić information content (AvgIpc) is 2.85. The van der Waals surface area contributed by atoms with Crippen molar-refractivity contribution in [2.75, 3.05) is 5.32 Å². The van der Waals surface area contributed by atoms with Gasteiger partial charge in [0.1, 0.15) is 0 Å². The van der Waals surface area contributed by atoms with Crippen LogP contribution in [0.3, 0.4) is 0 Å². The van der Waals surface area contributed by atoms with E-state index >= 15 is 0 Å². The predicted molar refractivity (Wildman–Crippen MR) is 87.6 cm³/mol. The number of rotatable bonds is 2. The van der Waals surface area contributed by atoms with Gasteiger partial charge in [0.15, 0.2) is 0 Å². The van der Waals surface area contributed by atoms with Gasteiger partial charge in [0, 0.05) is 14.2 Å². The molecular weight excluding hydrogens is 369 g/mol. The van der Waals surface area contributed by atoms with Gasteiger partial charge in [-0.15, -0.1) is 11.8 Å². The molecular formula is C15H12INOS. The van der Waals surface area contributed by atoms with Gasteiger partial charge in [-0.1, -0.05) is 18.2 Å². The number of benzene rings is 2. The van der Waals surface area contributed by atoms with E-state index in [2.05, 4.69) is 40.0 Å². The topological polar surface area (TPSA) is 29.1 Å². The highest BCUT2D eigenvalue weighted by Crippen LogP contribution is 2.37. The van der Waals surface area contributed by atoms with Crippen molar-refractivity contribution in [2.24, 2.45) is 0 Å². The zero-order valence-electron chi connectivity index (χ0n) is 10.1. The molecule has 1 atom stereocenters. The van der Waals surface area contributed by atoms with E-state index in [-0.39, 0.29) is 11.2 Å². The summed E-state index contributed by atoms with van der Waals surface area (Å²) in [6, 6.07) is 16.1. The lowest BCUT2D eigenvalue weighted by Crippen LogP contribution is -2.24. The largest absolute Gasteiger partial charge is 0.325 e. The lowest BCUT2D eigenvalue weighted by Gasteiger charge is -2.09. The van der Waals surface area contributed by atoms with Crippen LogP contribution in [-0.4, -0.2) is 11.2 Å². The first-order valence-corrected chi connectivity index (χ1v) is 7.99. The van der Waals surface area contributed by atoms with Crippen LogP contribution < -0.4 is 5.32 Å². The van der Waals surface area contributed by atoms with Crippen LogP contribution in [0.15, 0.2) is 53.4 Å². The van der Waals surface area contributed by atoms with Crippen LogP contribution in [0.5, 0.6) is 0 Å². The fourth-order valence-electron chi connectivity index (χ4n) is 2.08. The maximum absolute atomic E-state index is 12.2. The summed E-state index contributed by atoms with van der Waals surface area (Å²) in [5.41, 5.74) is 2.14. The maximum Gasteiger partial charge on any atom is 0.238 e. The molecule has 2 aromatic rings. The van der Waals surface area contributed by atoms with E-state index in [0.717, 1.165) is 12.1 Å². The summed E-state index contributed by atoms with van der Waals surface area (Å²) in [5.74, 6) is 0.0856. The molecule has 1 heterocycles. The normalized spacial score (nSPS) is 17.0. The fourth-order valence-corrected chi connectivity index (χ4v) is 3.64. The van der Waals surface area contributed by atoms with Gasteiger partial charge in [-0.25, -0.2) is 0 Å². The molecule has 0 aromatic heterocycles. The van der Waals surface area contributed by atoms with E-state index in [9.17, 15) is 4.79 Å². The summed E-state index contributed by atoms with van der Waals surface area (Å²) < 4.78 is 1.17. The third kappa shape index (κ3) is 2.95. The Balaban J connectivity index is 1.68. The highest BCUT2D eigenvalue weighted by atomic mass is 127. The zero-order valence-corrected chi connectivity index (χ0v) is 13.1. The number of fused-ring (bicyclic) bond motifs is 1. The Morgan fingerprint density at radius 2 is 1.89 bits per heavy atom. The Kier molecular flexibility index (Phi) is 3.79. The third-order valence-corrected chi connectivity index (χ3v) is 5.09.